The van der Waals surface area contributed by atoms with E-state index in [0.717, 1.165) is 57.6 Å². The molecular formula is C14H30N4O. The average Bonchev–Trinajstić information content (AvgIpc) is 3.20. The predicted molar refractivity (Wildman–Crippen MR) is 80.7 cm³/mol. The van der Waals surface area contributed by atoms with Gasteiger partial charge in [-0.15, -0.1) is 0 Å². The van der Waals surface area contributed by atoms with Gasteiger partial charge in [0.05, 0.1) is 0 Å². The van der Waals surface area contributed by atoms with E-state index in [-0.39, 0.29) is 0 Å². The van der Waals surface area contributed by atoms with Gasteiger partial charge in [-0.05, 0) is 39.2 Å². The molecule has 1 saturated carbocycles. The maximum atomic E-state index is 5.06. The van der Waals surface area contributed by atoms with Crippen molar-refractivity contribution in [3.05, 3.63) is 0 Å². The molecule has 5 heteroatoms. The molecule has 1 rings (SSSR count). The number of rotatable bonds is 10. The number of ether oxygens (including phenoxy) is 1. The number of methoxy groups -OCH3 is 1. The number of nitrogens with one attached hydrogen (secondary N) is 2. The SMILES string of the molecule is CCNC(=NCC1CC1)NCCN(C)CCCOC. The van der Waals surface area contributed by atoms with Gasteiger partial charge in [0.2, 0.25) is 0 Å². The molecule has 0 bridgehead atoms. The highest BCUT2D eigenvalue weighted by atomic mass is 16.5. The number of nitrogens with zero attached hydrogens (tertiary/aromatic N) is 2. The number of guanidine groups is 1. The van der Waals surface area contributed by atoms with Gasteiger partial charge in [-0.1, -0.05) is 0 Å². The standard InChI is InChI=1S/C14H30N4O/c1-4-15-14(17-12-13-6-7-13)16-8-10-18(2)9-5-11-19-3/h13H,4-12H2,1-3H3,(H2,15,16,17). The highest BCUT2D eigenvalue weighted by Crippen LogP contribution is 2.28. The Morgan fingerprint density at radius 2 is 2.11 bits per heavy atom. The van der Waals surface area contributed by atoms with Crippen LogP contribution in [0.2, 0.25) is 0 Å². The van der Waals surface area contributed by atoms with Gasteiger partial charge in [0.15, 0.2) is 5.96 Å². The summed E-state index contributed by atoms with van der Waals surface area (Å²) >= 11 is 0. The lowest BCUT2D eigenvalue weighted by molar-refractivity contribution is 0.180. The second kappa shape index (κ2) is 10.0. The van der Waals surface area contributed by atoms with Gasteiger partial charge < -0.3 is 20.3 Å². The monoisotopic (exact) mass is 270 g/mol. The summed E-state index contributed by atoms with van der Waals surface area (Å²) in [5.74, 6) is 1.80. The summed E-state index contributed by atoms with van der Waals surface area (Å²) in [6, 6.07) is 0. The van der Waals surface area contributed by atoms with E-state index in [1.165, 1.54) is 12.8 Å². The first-order chi connectivity index (χ1) is 9.26. The summed E-state index contributed by atoms with van der Waals surface area (Å²) in [4.78, 5) is 6.92. The van der Waals surface area contributed by atoms with Crippen LogP contribution in [0.1, 0.15) is 26.2 Å². The molecule has 0 amide bonds. The van der Waals surface area contributed by atoms with Crippen LogP contribution < -0.4 is 10.6 Å². The Hall–Kier alpha value is -0.810. The van der Waals surface area contributed by atoms with E-state index in [2.05, 4.69) is 34.5 Å². The third-order valence-corrected chi connectivity index (χ3v) is 3.22. The minimum Gasteiger partial charge on any atom is -0.385 e. The zero-order valence-electron chi connectivity index (χ0n) is 12.7. The Morgan fingerprint density at radius 3 is 2.74 bits per heavy atom. The first-order valence-electron chi connectivity index (χ1n) is 7.46. The van der Waals surface area contributed by atoms with E-state index in [4.69, 9.17) is 4.74 Å². The first kappa shape index (κ1) is 16.2. The molecule has 5 nitrogen and oxygen atoms in total. The highest BCUT2D eigenvalue weighted by molar-refractivity contribution is 5.79. The van der Waals surface area contributed by atoms with E-state index in [1.54, 1.807) is 7.11 Å². The zero-order chi connectivity index (χ0) is 13.9. The minimum absolute atomic E-state index is 0.837. The topological polar surface area (TPSA) is 48.9 Å². The molecule has 0 aliphatic heterocycles. The van der Waals surface area contributed by atoms with Crippen LogP contribution in [-0.4, -0.2) is 64.3 Å². The molecule has 0 aromatic rings. The fourth-order valence-electron chi connectivity index (χ4n) is 1.82. The molecular weight excluding hydrogens is 240 g/mol. The van der Waals surface area contributed by atoms with Crippen LogP contribution in [-0.2, 0) is 4.74 Å². The lowest BCUT2D eigenvalue weighted by Crippen LogP contribution is -2.41. The molecule has 0 atom stereocenters. The van der Waals surface area contributed by atoms with Crippen LogP contribution in [0.15, 0.2) is 4.99 Å². The van der Waals surface area contributed by atoms with E-state index >= 15 is 0 Å². The first-order valence-corrected chi connectivity index (χ1v) is 7.46. The van der Waals surface area contributed by atoms with Crippen LogP contribution in [0.25, 0.3) is 0 Å². The van der Waals surface area contributed by atoms with Gasteiger partial charge in [0.1, 0.15) is 0 Å². The summed E-state index contributed by atoms with van der Waals surface area (Å²) in [7, 11) is 3.90. The zero-order valence-corrected chi connectivity index (χ0v) is 12.7. The van der Waals surface area contributed by atoms with Crippen molar-refractivity contribution in [1.29, 1.82) is 0 Å². The van der Waals surface area contributed by atoms with Crippen molar-refractivity contribution >= 4 is 5.96 Å². The highest BCUT2D eigenvalue weighted by Gasteiger charge is 2.20. The summed E-state index contributed by atoms with van der Waals surface area (Å²) in [5, 5.41) is 6.68. The number of hydrogen-bond acceptors (Lipinski definition) is 3. The molecule has 112 valence electrons. The molecule has 0 saturated heterocycles. The van der Waals surface area contributed by atoms with Crippen molar-refractivity contribution in [2.45, 2.75) is 26.2 Å². The maximum Gasteiger partial charge on any atom is 0.191 e. The third-order valence-electron chi connectivity index (χ3n) is 3.22. The summed E-state index contributed by atoms with van der Waals surface area (Å²) in [5.41, 5.74) is 0. The lowest BCUT2D eigenvalue weighted by Gasteiger charge is -2.18. The Labute approximate surface area is 117 Å². The van der Waals surface area contributed by atoms with Crippen molar-refractivity contribution in [3.63, 3.8) is 0 Å². The molecule has 19 heavy (non-hydrogen) atoms. The Balaban J connectivity index is 2.10. The summed E-state index contributed by atoms with van der Waals surface area (Å²) in [6.45, 7) is 7.86. The van der Waals surface area contributed by atoms with Crippen molar-refractivity contribution < 1.29 is 4.74 Å². The van der Waals surface area contributed by atoms with Gasteiger partial charge in [0.25, 0.3) is 0 Å². The number of hydrogen-bond donors (Lipinski definition) is 2. The third kappa shape index (κ3) is 8.83. The molecule has 0 radical (unpaired) electrons. The molecule has 0 aromatic carbocycles. The van der Waals surface area contributed by atoms with Gasteiger partial charge >= 0.3 is 0 Å². The van der Waals surface area contributed by atoms with Crippen LogP contribution in [0.4, 0.5) is 0 Å². The van der Waals surface area contributed by atoms with Gasteiger partial charge in [0, 0.05) is 46.4 Å². The quantitative estimate of drug-likeness (QED) is 0.352. The van der Waals surface area contributed by atoms with Crippen molar-refractivity contribution in [1.82, 2.24) is 15.5 Å². The normalized spacial score (nSPS) is 15.9. The second-order valence-electron chi connectivity index (χ2n) is 5.24. The molecule has 1 fully saturated rings. The molecule has 0 heterocycles. The maximum absolute atomic E-state index is 5.06. The van der Waals surface area contributed by atoms with E-state index in [9.17, 15) is 0 Å². The van der Waals surface area contributed by atoms with E-state index in [1.807, 2.05) is 0 Å². The van der Waals surface area contributed by atoms with Crippen LogP contribution in [0, 0.1) is 5.92 Å². The van der Waals surface area contributed by atoms with Gasteiger partial charge in [-0.3, -0.25) is 4.99 Å². The van der Waals surface area contributed by atoms with Crippen molar-refractivity contribution in [2.24, 2.45) is 10.9 Å². The fourth-order valence-corrected chi connectivity index (χ4v) is 1.82. The molecule has 0 unspecified atom stereocenters. The molecule has 1 aliphatic carbocycles. The van der Waals surface area contributed by atoms with Gasteiger partial charge in [-0.2, -0.15) is 0 Å². The Bertz CT molecular complexity index is 254. The molecule has 0 spiro atoms. The Kier molecular flexibility index (Phi) is 8.58. The predicted octanol–water partition coefficient (Wildman–Crippen LogP) is 0.920. The molecule has 2 N–H and O–H groups in total. The average molecular weight is 270 g/mol. The molecule has 1 aliphatic rings. The van der Waals surface area contributed by atoms with Crippen LogP contribution >= 0.6 is 0 Å². The van der Waals surface area contributed by atoms with E-state index in [0.29, 0.717) is 0 Å². The largest absolute Gasteiger partial charge is 0.385 e. The summed E-state index contributed by atoms with van der Waals surface area (Å²) < 4.78 is 5.06. The van der Waals surface area contributed by atoms with Gasteiger partial charge in [-0.25, -0.2) is 0 Å². The molecule has 0 aromatic heterocycles. The minimum atomic E-state index is 0.837. The van der Waals surface area contributed by atoms with E-state index < -0.39 is 0 Å². The lowest BCUT2D eigenvalue weighted by atomic mass is 10.4. The van der Waals surface area contributed by atoms with Crippen LogP contribution in [0.3, 0.4) is 0 Å². The van der Waals surface area contributed by atoms with Crippen LogP contribution in [0.5, 0.6) is 0 Å². The second-order valence-corrected chi connectivity index (χ2v) is 5.24. The number of likely N-dealkylation sites (N-methyl/N-ethyl adjacent to an activating group) is 1. The van der Waals surface area contributed by atoms with Crippen molar-refractivity contribution in [3.8, 4) is 0 Å². The Morgan fingerprint density at radius 1 is 1.32 bits per heavy atom. The number of aliphatic imine (C=N–C) groups is 1. The summed E-state index contributed by atoms with van der Waals surface area (Å²) in [6.07, 6.45) is 3.79. The smallest absolute Gasteiger partial charge is 0.191 e. The van der Waals surface area contributed by atoms with Crippen molar-refractivity contribution in [2.75, 3.05) is 53.5 Å². The fraction of sp³-hybridized carbons (Fsp3) is 0.929.